The summed E-state index contributed by atoms with van der Waals surface area (Å²) >= 11 is 0. The molecule has 38 heavy (non-hydrogen) atoms. The van der Waals surface area contributed by atoms with Gasteiger partial charge >= 0.3 is 12.1 Å². The molecule has 1 N–H and O–H groups in total. The van der Waals surface area contributed by atoms with Gasteiger partial charge < -0.3 is 33.5 Å². The maximum Gasteiger partial charge on any atom is 0.511 e. The minimum absolute atomic E-state index is 0.0659. The van der Waals surface area contributed by atoms with Crippen LogP contribution >= 0.6 is 0 Å². The molecule has 0 spiro atoms. The number of carbonyl (C=O) groups excluding carboxylic acids is 3. The maximum atomic E-state index is 14.0. The molecule has 12 nitrogen and oxygen atoms in total. The Labute approximate surface area is 213 Å². The molecule has 202 valence electrons. The van der Waals surface area contributed by atoms with Crippen LogP contribution in [0.1, 0.15) is 39.8 Å². The van der Waals surface area contributed by atoms with Crippen LogP contribution in [-0.4, -0.2) is 70.7 Å². The number of nitrogens with zero attached hydrogens (tertiary/aromatic N) is 2. The molecule has 1 amide bonds. The molecule has 0 radical (unpaired) electrons. The maximum absolute atomic E-state index is 14.0. The number of pyridine rings is 1. The fourth-order valence-corrected chi connectivity index (χ4v) is 4.20. The van der Waals surface area contributed by atoms with Gasteiger partial charge in [0.25, 0.3) is 5.91 Å². The van der Waals surface area contributed by atoms with Gasteiger partial charge in [0.1, 0.15) is 11.6 Å². The van der Waals surface area contributed by atoms with Crippen molar-refractivity contribution in [2.24, 2.45) is 0 Å². The lowest BCUT2D eigenvalue weighted by Gasteiger charge is -2.34. The van der Waals surface area contributed by atoms with Crippen molar-refractivity contribution in [2.75, 3.05) is 20.0 Å². The first-order valence-electron chi connectivity index (χ1n) is 11.4. The van der Waals surface area contributed by atoms with Crippen molar-refractivity contribution in [1.82, 2.24) is 9.47 Å². The Morgan fingerprint density at radius 3 is 2.66 bits per heavy atom. The van der Waals surface area contributed by atoms with Crippen molar-refractivity contribution < 1.29 is 52.0 Å². The summed E-state index contributed by atoms with van der Waals surface area (Å²) in [4.78, 5) is 63.0. The number of aliphatic carboxylic acids is 1. The van der Waals surface area contributed by atoms with Crippen molar-refractivity contribution in [3.63, 3.8) is 0 Å². The quantitative estimate of drug-likeness (QED) is 0.285. The SMILES string of the molecule is C[C@H]1CO[C@@H]2Cn3cc(C(=O)CCc4ccc(F)cc4F)c(=O)c(OCOC(=O)OCC(=O)O)c3C(=O)N12. The van der Waals surface area contributed by atoms with Crippen molar-refractivity contribution in [3.8, 4) is 5.75 Å². The number of ketones is 1. The Hall–Kier alpha value is -4.33. The molecule has 4 rings (SSSR count). The number of ether oxygens (including phenoxy) is 4. The number of aromatic nitrogens is 1. The topological polar surface area (TPSA) is 151 Å². The van der Waals surface area contributed by atoms with Gasteiger partial charge in [-0.25, -0.2) is 18.4 Å². The number of rotatable bonds is 9. The van der Waals surface area contributed by atoms with E-state index in [4.69, 9.17) is 14.6 Å². The third kappa shape index (κ3) is 5.49. The Balaban J connectivity index is 1.61. The normalized spacial score (nSPS) is 18.0. The lowest BCUT2D eigenvalue weighted by Crippen LogP contribution is -2.49. The minimum Gasteiger partial charge on any atom is -0.479 e. The summed E-state index contributed by atoms with van der Waals surface area (Å²) in [5, 5.41) is 8.56. The smallest absolute Gasteiger partial charge is 0.479 e. The number of amides is 1. The van der Waals surface area contributed by atoms with Crippen molar-refractivity contribution >= 4 is 23.8 Å². The van der Waals surface area contributed by atoms with E-state index in [1.807, 2.05) is 0 Å². The van der Waals surface area contributed by atoms with Gasteiger partial charge in [-0.2, -0.15) is 0 Å². The molecule has 2 aliphatic rings. The number of carbonyl (C=O) groups is 4. The van der Waals surface area contributed by atoms with E-state index in [9.17, 15) is 32.8 Å². The largest absolute Gasteiger partial charge is 0.511 e. The number of carboxylic acids is 1. The van der Waals surface area contributed by atoms with Gasteiger partial charge in [-0.05, 0) is 25.0 Å². The highest BCUT2D eigenvalue weighted by Crippen LogP contribution is 2.30. The van der Waals surface area contributed by atoms with Gasteiger partial charge in [0.2, 0.25) is 18.0 Å². The summed E-state index contributed by atoms with van der Waals surface area (Å²) in [6, 6.07) is 2.61. The second-order valence-corrected chi connectivity index (χ2v) is 8.55. The highest BCUT2D eigenvalue weighted by atomic mass is 19.1. The molecule has 1 aromatic carbocycles. The van der Waals surface area contributed by atoms with Crippen LogP contribution in [0.4, 0.5) is 13.6 Å². The zero-order chi connectivity index (χ0) is 27.6. The summed E-state index contributed by atoms with van der Waals surface area (Å²) in [5.41, 5.74) is -1.47. The second kappa shape index (κ2) is 11.0. The van der Waals surface area contributed by atoms with E-state index in [2.05, 4.69) is 9.47 Å². The van der Waals surface area contributed by atoms with Crippen molar-refractivity contribution in [2.45, 2.75) is 38.6 Å². The molecule has 1 saturated heterocycles. The number of Topliss-reactive ketones (excluding diaryl/α,β-unsaturated/α-hetero) is 1. The minimum atomic E-state index is -1.43. The lowest BCUT2D eigenvalue weighted by molar-refractivity contribution is -0.141. The molecule has 1 fully saturated rings. The third-order valence-corrected chi connectivity index (χ3v) is 5.97. The standard InChI is InChI=1S/C24H22F2N2O10/c1-12-9-35-18-8-27-7-15(17(29)5-3-13-2-4-14(25)6-16(13)26)21(32)22(20(27)23(33)28(12)18)37-11-38-24(34)36-10-19(30)31/h2,4,6-7,12,18H,3,5,8-11H2,1H3,(H,30,31)/t12-,18+/m0/s1. The molecule has 1 aromatic heterocycles. The fourth-order valence-electron chi connectivity index (χ4n) is 4.20. The van der Waals surface area contributed by atoms with Gasteiger partial charge in [0, 0.05) is 18.7 Å². The van der Waals surface area contributed by atoms with Crippen LogP contribution in [0, 0.1) is 11.6 Å². The van der Waals surface area contributed by atoms with E-state index in [0.29, 0.717) is 6.07 Å². The van der Waals surface area contributed by atoms with E-state index in [1.165, 1.54) is 21.7 Å². The highest BCUT2D eigenvalue weighted by Gasteiger charge is 2.43. The predicted molar refractivity (Wildman–Crippen MR) is 121 cm³/mol. The zero-order valence-electron chi connectivity index (χ0n) is 20.0. The Kier molecular flexibility index (Phi) is 7.71. The number of hydrogen-bond donors (Lipinski definition) is 1. The van der Waals surface area contributed by atoms with E-state index < -0.39 is 66.3 Å². The number of aryl methyl sites for hydroxylation is 1. The first kappa shape index (κ1) is 26.7. The highest BCUT2D eigenvalue weighted by molar-refractivity contribution is 6.00. The number of halogens is 2. The van der Waals surface area contributed by atoms with E-state index in [0.717, 1.165) is 6.07 Å². The molecular weight excluding hydrogens is 514 g/mol. The van der Waals surface area contributed by atoms with Crippen LogP contribution < -0.4 is 10.2 Å². The van der Waals surface area contributed by atoms with Gasteiger partial charge in [0.05, 0.1) is 24.8 Å². The van der Waals surface area contributed by atoms with Gasteiger partial charge in [-0.1, -0.05) is 6.07 Å². The van der Waals surface area contributed by atoms with Crippen LogP contribution in [0.3, 0.4) is 0 Å². The molecule has 0 saturated carbocycles. The van der Waals surface area contributed by atoms with Crippen molar-refractivity contribution in [1.29, 1.82) is 0 Å². The monoisotopic (exact) mass is 536 g/mol. The van der Waals surface area contributed by atoms with Crippen molar-refractivity contribution in [3.05, 3.63) is 63.1 Å². The lowest BCUT2D eigenvalue weighted by atomic mass is 10.0. The average molecular weight is 536 g/mol. The summed E-state index contributed by atoms with van der Waals surface area (Å²) in [5.74, 6) is -4.92. The van der Waals surface area contributed by atoms with Crippen LogP contribution in [0.25, 0.3) is 0 Å². The molecular formula is C24H22F2N2O10. The van der Waals surface area contributed by atoms with E-state index in [1.54, 1.807) is 6.92 Å². The summed E-state index contributed by atoms with van der Waals surface area (Å²) in [7, 11) is 0. The first-order chi connectivity index (χ1) is 18.1. The molecule has 14 heteroatoms. The Morgan fingerprint density at radius 1 is 1.18 bits per heavy atom. The average Bonchev–Trinajstić information content (AvgIpc) is 3.23. The number of fused-ring (bicyclic) bond motifs is 2. The molecule has 2 atom stereocenters. The van der Waals surface area contributed by atoms with Crippen LogP contribution in [0.5, 0.6) is 5.75 Å². The molecule has 0 bridgehead atoms. The van der Waals surface area contributed by atoms with E-state index >= 15 is 0 Å². The molecule has 2 aliphatic heterocycles. The van der Waals surface area contributed by atoms with Gasteiger partial charge in [-0.3, -0.25) is 14.4 Å². The summed E-state index contributed by atoms with van der Waals surface area (Å²) < 4.78 is 48.4. The van der Waals surface area contributed by atoms with Crippen LogP contribution in [0.15, 0.2) is 29.2 Å². The third-order valence-electron chi connectivity index (χ3n) is 5.97. The van der Waals surface area contributed by atoms with Crippen LogP contribution in [0.2, 0.25) is 0 Å². The molecule has 3 heterocycles. The number of carboxylic acid groups (broad SMARTS) is 1. The number of hydrogen-bond acceptors (Lipinski definition) is 9. The first-order valence-corrected chi connectivity index (χ1v) is 11.4. The zero-order valence-corrected chi connectivity index (χ0v) is 20.0. The van der Waals surface area contributed by atoms with Crippen LogP contribution in [-0.2, 0) is 32.0 Å². The van der Waals surface area contributed by atoms with Gasteiger partial charge in [-0.15, -0.1) is 0 Å². The molecule has 0 aliphatic carbocycles. The summed E-state index contributed by atoms with van der Waals surface area (Å²) in [6.07, 6.45) is -1.30. The summed E-state index contributed by atoms with van der Waals surface area (Å²) in [6.45, 7) is 0.166. The van der Waals surface area contributed by atoms with Gasteiger partial charge in [0.15, 0.2) is 24.3 Å². The fraction of sp³-hybridized carbons (Fsp3) is 0.375. The molecule has 0 unspecified atom stereocenters. The molecule has 2 aromatic rings. The Bertz CT molecular complexity index is 1360. The second-order valence-electron chi connectivity index (χ2n) is 8.55. The Morgan fingerprint density at radius 2 is 1.95 bits per heavy atom. The van der Waals surface area contributed by atoms with E-state index in [-0.39, 0.29) is 48.9 Å². The predicted octanol–water partition coefficient (Wildman–Crippen LogP) is 1.72. The number of benzene rings is 1.